The van der Waals surface area contributed by atoms with Gasteiger partial charge in [0.25, 0.3) is 0 Å². The van der Waals surface area contributed by atoms with Crippen molar-refractivity contribution in [1.82, 2.24) is 0 Å². The molecule has 0 unspecified atom stereocenters. The molecular formula is C11H10O4. The van der Waals surface area contributed by atoms with Gasteiger partial charge in [0.05, 0.1) is 5.39 Å². The maximum atomic E-state index is 11.5. The van der Waals surface area contributed by atoms with Gasteiger partial charge < -0.3 is 14.6 Å². The predicted octanol–water partition coefficient (Wildman–Crippen LogP) is 1.82. The highest BCUT2D eigenvalue weighted by molar-refractivity contribution is 5.85. The van der Waals surface area contributed by atoms with Gasteiger partial charge in [-0.25, -0.2) is 0 Å². The van der Waals surface area contributed by atoms with Crippen LogP contribution in [-0.2, 0) is 0 Å². The van der Waals surface area contributed by atoms with Crippen LogP contribution in [-0.4, -0.2) is 10.2 Å². The third kappa shape index (κ3) is 1.34. The van der Waals surface area contributed by atoms with Gasteiger partial charge in [0.15, 0.2) is 16.8 Å². The predicted molar refractivity (Wildman–Crippen MR) is 55.3 cm³/mol. The maximum absolute atomic E-state index is 11.5. The highest BCUT2D eigenvalue weighted by Gasteiger charge is 2.13. The quantitative estimate of drug-likeness (QED) is 0.689. The first-order valence-corrected chi connectivity index (χ1v) is 4.46. The van der Waals surface area contributed by atoms with Crippen LogP contribution in [0.4, 0.5) is 0 Å². The Morgan fingerprint density at radius 2 is 1.87 bits per heavy atom. The molecule has 0 fully saturated rings. The molecule has 2 N–H and O–H groups in total. The number of aryl methyl sites for hydroxylation is 1. The number of hydrogen-bond donors (Lipinski definition) is 2. The van der Waals surface area contributed by atoms with E-state index >= 15 is 0 Å². The standard InChI is InChI=1S/C11H10O4/c1-5-3-9(13)7-4-8(12)6(2)10(14)11(7)15-5/h3-4,12,14H,1-2H3. The zero-order valence-electron chi connectivity index (χ0n) is 8.37. The lowest BCUT2D eigenvalue weighted by molar-refractivity contribution is 0.434. The molecule has 0 radical (unpaired) electrons. The zero-order chi connectivity index (χ0) is 11.2. The fraction of sp³-hybridized carbons (Fsp3) is 0.182. The molecule has 0 aliphatic heterocycles. The summed E-state index contributed by atoms with van der Waals surface area (Å²) < 4.78 is 5.25. The van der Waals surface area contributed by atoms with E-state index in [4.69, 9.17) is 4.42 Å². The van der Waals surface area contributed by atoms with Crippen molar-refractivity contribution in [3.63, 3.8) is 0 Å². The van der Waals surface area contributed by atoms with Crippen molar-refractivity contribution in [3.8, 4) is 11.5 Å². The number of phenols is 2. The summed E-state index contributed by atoms with van der Waals surface area (Å²) in [6.45, 7) is 3.18. The molecule has 1 aromatic carbocycles. The van der Waals surface area contributed by atoms with Crippen molar-refractivity contribution < 1.29 is 14.6 Å². The van der Waals surface area contributed by atoms with Gasteiger partial charge in [0, 0.05) is 11.6 Å². The van der Waals surface area contributed by atoms with Gasteiger partial charge >= 0.3 is 0 Å². The molecule has 0 aliphatic rings. The van der Waals surface area contributed by atoms with Gasteiger partial charge in [0.1, 0.15) is 11.5 Å². The lowest BCUT2D eigenvalue weighted by atomic mass is 10.1. The maximum Gasteiger partial charge on any atom is 0.193 e. The highest BCUT2D eigenvalue weighted by Crippen LogP contribution is 2.33. The number of rotatable bonds is 0. The van der Waals surface area contributed by atoms with Crippen LogP contribution in [0, 0.1) is 13.8 Å². The number of hydrogen-bond acceptors (Lipinski definition) is 4. The minimum atomic E-state index is -0.278. The van der Waals surface area contributed by atoms with Crippen molar-refractivity contribution in [2.24, 2.45) is 0 Å². The molecule has 0 bridgehead atoms. The number of benzene rings is 1. The molecule has 0 spiro atoms. The third-order valence-corrected chi connectivity index (χ3v) is 2.34. The second-order valence-corrected chi connectivity index (χ2v) is 3.47. The molecule has 0 saturated carbocycles. The summed E-state index contributed by atoms with van der Waals surface area (Å²) in [5.41, 5.74) is 0.144. The summed E-state index contributed by atoms with van der Waals surface area (Å²) >= 11 is 0. The summed E-state index contributed by atoms with van der Waals surface area (Å²) in [5.74, 6) is 0.120. The minimum absolute atomic E-state index is 0.115. The van der Waals surface area contributed by atoms with E-state index in [-0.39, 0.29) is 27.9 Å². The van der Waals surface area contributed by atoms with Crippen LogP contribution in [0.5, 0.6) is 11.5 Å². The normalized spacial score (nSPS) is 10.8. The molecule has 78 valence electrons. The molecule has 0 atom stereocenters. The summed E-state index contributed by atoms with van der Waals surface area (Å²) in [4.78, 5) is 11.5. The van der Waals surface area contributed by atoms with Crippen LogP contribution < -0.4 is 5.43 Å². The van der Waals surface area contributed by atoms with Crippen LogP contribution >= 0.6 is 0 Å². The van der Waals surface area contributed by atoms with Crippen molar-refractivity contribution in [3.05, 3.63) is 33.7 Å². The number of phenolic OH excluding ortho intramolecular Hbond substituents is 2. The minimum Gasteiger partial charge on any atom is -0.508 e. The molecule has 0 aliphatic carbocycles. The molecule has 2 rings (SSSR count). The smallest absolute Gasteiger partial charge is 0.193 e. The summed E-state index contributed by atoms with van der Waals surface area (Å²) in [6, 6.07) is 2.62. The van der Waals surface area contributed by atoms with Gasteiger partial charge in [-0.2, -0.15) is 0 Å². The molecule has 4 heteroatoms. The van der Waals surface area contributed by atoms with Crippen LogP contribution in [0.25, 0.3) is 11.0 Å². The van der Waals surface area contributed by atoms with E-state index in [1.54, 1.807) is 13.8 Å². The molecule has 1 aromatic heterocycles. The summed E-state index contributed by atoms with van der Waals surface area (Å²) in [6.07, 6.45) is 0. The summed E-state index contributed by atoms with van der Waals surface area (Å²) in [5, 5.41) is 19.3. The second kappa shape index (κ2) is 3.02. The largest absolute Gasteiger partial charge is 0.508 e. The zero-order valence-corrected chi connectivity index (χ0v) is 8.37. The monoisotopic (exact) mass is 206 g/mol. The van der Waals surface area contributed by atoms with Gasteiger partial charge in [-0.15, -0.1) is 0 Å². The Bertz CT molecular complexity index is 596. The Morgan fingerprint density at radius 3 is 2.53 bits per heavy atom. The van der Waals surface area contributed by atoms with E-state index in [9.17, 15) is 15.0 Å². The van der Waals surface area contributed by atoms with Gasteiger partial charge in [-0.1, -0.05) is 0 Å². The van der Waals surface area contributed by atoms with Gasteiger partial charge in [-0.05, 0) is 19.9 Å². The molecule has 0 amide bonds. The van der Waals surface area contributed by atoms with Gasteiger partial charge in [0.2, 0.25) is 0 Å². The van der Waals surface area contributed by atoms with Crippen LogP contribution in [0.1, 0.15) is 11.3 Å². The van der Waals surface area contributed by atoms with Crippen molar-refractivity contribution in [2.75, 3.05) is 0 Å². The van der Waals surface area contributed by atoms with Gasteiger partial charge in [-0.3, -0.25) is 4.79 Å². The van der Waals surface area contributed by atoms with E-state index in [2.05, 4.69) is 0 Å². The Balaban J connectivity index is 3.05. The van der Waals surface area contributed by atoms with Crippen molar-refractivity contribution in [1.29, 1.82) is 0 Å². The fourth-order valence-corrected chi connectivity index (χ4v) is 1.47. The van der Waals surface area contributed by atoms with Crippen molar-refractivity contribution in [2.45, 2.75) is 13.8 Å². The highest BCUT2D eigenvalue weighted by atomic mass is 16.4. The number of aromatic hydroxyl groups is 2. The Labute approximate surface area is 85.4 Å². The van der Waals surface area contributed by atoms with E-state index in [1.807, 2.05) is 0 Å². The molecule has 15 heavy (non-hydrogen) atoms. The Morgan fingerprint density at radius 1 is 1.20 bits per heavy atom. The Hall–Kier alpha value is -1.97. The first kappa shape index (κ1) is 9.58. The van der Waals surface area contributed by atoms with E-state index in [0.717, 1.165) is 0 Å². The lowest BCUT2D eigenvalue weighted by Gasteiger charge is -2.05. The SMILES string of the molecule is Cc1cc(=O)c2cc(O)c(C)c(O)c2o1. The third-order valence-electron chi connectivity index (χ3n) is 2.34. The molecule has 0 saturated heterocycles. The topological polar surface area (TPSA) is 70.7 Å². The fourth-order valence-electron chi connectivity index (χ4n) is 1.47. The van der Waals surface area contributed by atoms with E-state index in [1.165, 1.54) is 12.1 Å². The average molecular weight is 206 g/mol. The number of fused-ring (bicyclic) bond motifs is 1. The lowest BCUT2D eigenvalue weighted by Crippen LogP contribution is -2.00. The second-order valence-electron chi connectivity index (χ2n) is 3.47. The molecule has 4 nitrogen and oxygen atoms in total. The first-order chi connectivity index (χ1) is 7.00. The van der Waals surface area contributed by atoms with Crippen LogP contribution in [0.15, 0.2) is 21.3 Å². The van der Waals surface area contributed by atoms with Crippen LogP contribution in [0.3, 0.4) is 0 Å². The summed E-state index contributed by atoms with van der Waals surface area (Å²) in [7, 11) is 0. The van der Waals surface area contributed by atoms with Crippen LogP contribution in [0.2, 0.25) is 0 Å². The van der Waals surface area contributed by atoms with Crippen molar-refractivity contribution >= 4 is 11.0 Å². The molecule has 2 aromatic rings. The molecule has 1 heterocycles. The van der Waals surface area contributed by atoms with E-state index in [0.29, 0.717) is 11.3 Å². The average Bonchev–Trinajstić information content (AvgIpc) is 2.17. The Kier molecular flexibility index (Phi) is 1.93. The van der Waals surface area contributed by atoms with E-state index < -0.39 is 0 Å². The first-order valence-electron chi connectivity index (χ1n) is 4.46. The molecular weight excluding hydrogens is 196 g/mol.